The van der Waals surface area contributed by atoms with E-state index in [0.717, 1.165) is 56.4 Å². The third kappa shape index (κ3) is 5.03. The fraction of sp³-hybridized carbons (Fsp3) is 0.167. The van der Waals surface area contributed by atoms with Gasteiger partial charge in [0.2, 0.25) is 0 Å². The number of para-hydroxylation sites is 3. The number of nitrogens with zero attached hydrogens (tertiary/aromatic N) is 6. The molecule has 4 aromatic heterocycles. The number of rotatable bonds is 8. The number of hydrogen-bond donors (Lipinski definition) is 0. The molecule has 292 valence electrons. The van der Waals surface area contributed by atoms with Gasteiger partial charge >= 0.3 is 0 Å². The van der Waals surface area contributed by atoms with Crippen molar-refractivity contribution in [1.82, 2.24) is 28.5 Å². The van der Waals surface area contributed by atoms with Crippen molar-refractivity contribution in [1.29, 1.82) is 0 Å². The predicted molar refractivity (Wildman–Crippen MR) is 243 cm³/mol. The van der Waals surface area contributed by atoms with Crippen molar-refractivity contribution in [3.63, 3.8) is 0 Å². The highest BCUT2D eigenvalue weighted by Gasteiger charge is 2.49. The Hall–Kier alpha value is -7.05. The summed E-state index contributed by atoms with van der Waals surface area (Å²) in [5, 5.41) is 3.52. The number of pyridine rings is 1. The van der Waals surface area contributed by atoms with Crippen LogP contribution in [0.4, 0.5) is 0 Å². The number of hydrogen-bond acceptors (Lipinski definition) is 3. The molecule has 0 aliphatic carbocycles. The number of aromatic nitrogens is 6. The summed E-state index contributed by atoms with van der Waals surface area (Å²) >= 11 is 0. The standard InChI is InChI=1S/C54H46N6/c1-52(2)44-28-18-27-42-41-30-29-38(54(5,37-21-12-7-13-22-37)51-56-32-34-59(51)40-25-16-9-17-26-40)35-43(41)49-57-46(48(53(52,3)4)60(49)47(42)44)45(36-19-10-6-11-20-36)50-55-31-33-58(50)39-23-14-8-15-24-39/h6-35,45H,1-5H3/t45-,54?/m1/s1. The van der Waals surface area contributed by atoms with Gasteiger partial charge in [-0.3, -0.25) is 4.40 Å². The summed E-state index contributed by atoms with van der Waals surface area (Å²) in [7, 11) is 0. The zero-order valence-electron chi connectivity index (χ0n) is 34.6. The van der Waals surface area contributed by atoms with E-state index in [1.165, 1.54) is 27.5 Å². The van der Waals surface area contributed by atoms with Crippen molar-refractivity contribution in [3.8, 4) is 11.4 Å². The summed E-state index contributed by atoms with van der Waals surface area (Å²) in [6.07, 6.45) is 8.00. The maximum atomic E-state index is 5.94. The van der Waals surface area contributed by atoms with Gasteiger partial charge in [-0.05, 0) is 64.9 Å². The number of imidazole rings is 3. The molecule has 11 rings (SSSR count). The highest BCUT2D eigenvalue weighted by molar-refractivity contribution is 6.13. The molecule has 6 nitrogen and oxygen atoms in total. The smallest absolute Gasteiger partial charge is 0.145 e. The Morgan fingerprint density at radius 3 is 1.87 bits per heavy atom. The topological polar surface area (TPSA) is 52.9 Å². The average Bonchev–Trinajstić information content (AvgIpc) is 4.07. The Morgan fingerprint density at radius 1 is 0.550 bits per heavy atom. The van der Waals surface area contributed by atoms with Gasteiger partial charge in [-0.2, -0.15) is 0 Å². The van der Waals surface area contributed by atoms with Crippen molar-refractivity contribution in [3.05, 3.63) is 228 Å². The van der Waals surface area contributed by atoms with Gasteiger partial charge in [0.1, 0.15) is 17.3 Å². The monoisotopic (exact) mass is 778 g/mol. The minimum absolute atomic E-state index is 0.228. The van der Waals surface area contributed by atoms with E-state index in [-0.39, 0.29) is 16.7 Å². The molecule has 60 heavy (non-hydrogen) atoms. The fourth-order valence-corrected chi connectivity index (χ4v) is 10.1. The van der Waals surface area contributed by atoms with E-state index in [1.54, 1.807) is 0 Å². The maximum Gasteiger partial charge on any atom is 0.145 e. The molecule has 1 aliphatic rings. The first-order chi connectivity index (χ1) is 29.2. The lowest BCUT2D eigenvalue weighted by molar-refractivity contribution is 0.286. The molecule has 1 unspecified atom stereocenters. The summed E-state index contributed by atoms with van der Waals surface area (Å²) in [5.74, 6) is 1.63. The molecule has 0 N–H and O–H groups in total. The van der Waals surface area contributed by atoms with Crippen molar-refractivity contribution in [2.75, 3.05) is 0 Å². The second-order valence-electron chi connectivity index (χ2n) is 17.5. The van der Waals surface area contributed by atoms with Crippen LogP contribution >= 0.6 is 0 Å². The molecule has 5 heterocycles. The van der Waals surface area contributed by atoms with Crippen molar-refractivity contribution in [2.24, 2.45) is 0 Å². The molecular formula is C54H46N6. The SMILES string of the molecule is CC(c1ccccc1)(c1ccc2c(c1)c1nc([C@@H](c3ccccc3)c3nccn3-c3ccccc3)c3n1c1c(cccc21)C(C)(C)C3(C)C)c1nccn1-c1ccccc1. The lowest BCUT2D eigenvalue weighted by Gasteiger charge is -2.46. The molecule has 2 atom stereocenters. The van der Waals surface area contributed by atoms with Gasteiger partial charge in [-0.15, -0.1) is 0 Å². The lowest BCUT2D eigenvalue weighted by Crippen LogP contribution is -2.45. The van der Waals surface area contributed by atoms with E-state index in [9.17, 15) is 0 Å². The van der Waals surface area contributed by atoms with Gasteiger partial charge in [0.25, 0.3) is 0 Å². The van der Waals surface area contributed by atoms with E-state index in [1.807, 2.05) is 12.4 Å². The van der Waals surface area contributed by atoms with E-state index >= 15 is 0 Å². The van der Waals surface area contributed by atoms with Gasteiger partial charge in [0.15, 0.2) is 0 Å². The first kappa shape index (κ1) is 36.1. The number of fused-ring (bicyclic) bond motifs is 3. The zero-order chi connectivity index (χ0) is 40.8. The molecule has 0 fully saturated rings. The second-order valence-corrected chi connectivity index (χ2v) is 17.5. The van der Waals surface area contributed by atoms with Crippen LogP contribution in [0, 0.1) is 0 Å². The van der Waals surface area contributed by atoms with Crippen LogP contribution in [0.3, 0.4) is 0 Å². The first-order valence-electron chi connectivity index (χ1n) is 20.9. The van der Waals surface area contributed by atoms with Crippen LogP contribution < -0.4 is 0 Å². The molecule has 0 radical (unpaired) electrons. The van der Waals surface area contributed by atoms with Crippen molar-refractivity contribution >= 4 is 27.3 Å². The van der Waals surface area contributed by atoms with Gasteiger partial charge in [0, 0.05) is 57.8 Å². The summed E-state index contributed by atoms with van der Waals surface area (Å²) in [6.45, 7) is 11.9. The minimum atomic E-state index is -0.619. The zero-order valence-corrected chi connectivity index (χ0v) is 34.6. The number of benzene rings is 6. The third-order valence-corrected chi connectivity index (χ3v) is 14.0. The Kier molecular flexibility index (Phi) is 7.95. The van der Waals surface area contributed by atoms with Crippen LogP contribution in [0.25, 0.3) is 38.7 Å². The van der Waals surface area contributed by atoms with Crippen molar-refractivity contribution < 1.29 is 0 Å². The summed E-state index contributed by atoms with van der Waals surface area (Å²) in [4.78, 5) is 16.2. The Bertz CT molecular complexity index is 3210. The Balaban J connectivity index is 1.26. The molecule has 0 saturated carbocycles. The van der Waals surface area contributed by atoms with Crippen LogP contribution in [0.1, 0.15) is 85.8 Å². The molecule has 0 saturated heterocycles. The van der Waals surface area contributed by atoms with Gasteiger partial charge in [0.05, 0.1) is 28.2 Å². The normalized spacial score (nSPS) is 15.8. The first-order valence-corrected chi connectivity index (χ1v) is 20.9. The minimum Gasteiger partial charge on any atom is -0.303 e. The average molecular weight is 779 g/mol. The highest BCUT2D eigenvalue weighted by Crippen LogP contribution is 2.54. The van der Waals surface area contributed by atoms with Crippen LogP contribution in [0.5, 0.6) is 0 Å². The van der Waals surface area contributed by atoms with E-state index in [2.05, 4.69) is 218 Å². The van der Waals surface area contributed by atoms with E-state index in [4.69, 9.17) is 15.0 Å². The quantitative estimate of drug-likeness (QED) is 0.144. The predicted octanol–water partition coefficient (Wildman–Crippen LogP) is 12.1. The van der Waals surface area contributed by atoms with Crippen LogP contribution in [0.15, 0.2) is 183 Å². The Morgan fingerprint density at radius 2 is 1.17 bits per heavy atom. The third-order valence-electron chi connectivity index (χ3n) is 14.0. The van der Waals surface area contributed by atoms with Gasteiger partial charge in [-0.1, -0.05) is 155 Å². The molecule has 10 aromatic rings. The summed E-state index contributed by atoms with van der Waals surface area (Å²) < 4.78 is 6.98. The van der Waals surface area contributed by atoms with Gasteiger partial charge in [-0.25, -0.2) is 15.0 Å². The van der Waals surface area contributed by atoms with Gasteiger partial charge < -0.3 is 9.13 Å². The summed E-state index contributed by atoms with van der Waals surface area (Å²) in [5.41, 5.74) is 10.2. The highest BCUT2D eigenvalue weighted by atomic mass is 15.1. The summed E-state index contributed by atoms with van der Waals surface area (Å²) in [6, 6.07) is 56.6. The van der Waals surface area contributed by atoms with E-state index < -0.39 is 5.41 Å². The molecule has 0 bridgehead atoms. The van der Waals surface area contributed by atoms with Crippen LogP contribution in [-0.2, 0) is 16.2 Å². The molecule has 6 heteroatoms. The Labute approximate surface area is 350 Å². The maximum absolute atomic E-state index is 5.94. The lowest BCUT2D eigenvalue weighted by atomic mass is 9.59. The molecule has 1 aliphatic heterocycles. The molecule has 0 amide bonds. The second kappa shape index (κ2) is 13.2. The van der Waals surface area contributed by atoms with Crippen molar-refractivity contribution in [2.45, 2.75) is 56.8 Å². The fourth-order valence-electron chi connectivity index (χ4n) is 10.1. The molecule has 0 spiro atoms. The van der Waals surface area contributed by atoms with E-state index in [0.29, 0.717) is 0 Å². The molecular weight excluding hydrogens is 733 g/mol. The van der Waals surface area contributed by atoms with Crippen LogP contribution in [0.2, 0.25) is 0 Å². The largest absolute Gasteiger partial charge is 0.303 e. The van der Waals surface area contributed by atoms with Crippen LogP contribution in [-0.4, -0.2) is 28.5 Å². The molecule has 6 aromatic carbocycles.